The molecular weight excluding hydrogens is 356 g/mol. The second-order valence-corrected chi connectivity index (χ2v) is 7.92. The summed E-state index contributed by atoms with van der Waals surface area (Å²) < 4.78 is 5.61. The molecule has 140 valence electrons. The summed E-state index contributed by atoms with van der Waals surface area (Å²) in [5.41, 5.74) is 0. The van der Waals surface area contributed by atoms with Gasteiger partial charge < -0.3 is 9.73 Å². The van der Waals surface area contributed by atoms with Gasteiger partial charge in [0.05, 0.1) is 18.1 Å². The molecule has 3 aromatic rings. The lowest BCUT2D eigenvalue weighted by atomic mass is 10.1. The Labute approximate surface area is 163 Å². The molecule has 0 spiro atoms. The minimum absolute atomic E-state index is 0.0592. The van der Waals surface area contributed by atoms with Crippen LogP contribution in [0.3, 0.4) is 0 Å². The number of carbonyl (C=O) groups is 1. The Morgan fingerprint density at radius 3 is 2.67 bits per heavy atom. The lowest BCUT2D eigenvalue weighted by Gasteiger charge is -2.26. The molecule has 0 aliphatic carbocycles. The number of nitrogens with one attached hydrogen (secondary N) is 1. The molecule has 27 heavy (non-hydrogen) atoms. The molecule has 2 heterocycles. The maximum Gasteiger partial charge on any atom is 0.230 e. The number of carbonyl (C=O) groups excluding carboxylic acids is 1. The van der Waals surface area contributed by atoms with Crippen molar-refractivity contribution in [2.24, 2.45) is 0 Å². The highest BCUT2D eigenvalue weighted by Gasteiger charge is 2.25. The third-order valence-electron chi connectivity index (χ3n) is 5.04. The Bertz CT molecular complexity index is 888. The van der Waals surface area contributed by atoms with Crippen molar-refractivity contribution in [3.05, 3.63) is 66.6 Å². The molecule has 4 nitrogen and oxygen atoms in total. The molecule has 0 saturated carbocycles. The number of rotatable bonds is 7. The van der Waals surface area contributed by atoms with E-state index in [9.17, 15) is 4.79 Å². The van der Waals surface area contributed by atoms with Crippen molar-refractivity contribution in [2.75, 3.05) is 25.4 Å². The molecule has 2 aromatic carbocycles. The molecule has 1 aromatic heterocycles. The maximum absolute atomic E-state index is 12.4. The Hall–Kier alpha value is -2.24. The van der Waals surface area contributed by atoms with Crippen molar-refractivity contribution in [3.8, 4) is 0 Å². The van der Waals surface area contributed by atoms with Gasteiger partial charge in [0, 0.05) is 11.4 Å². The van der Waals surface area contributed by atoms with Gasteiger partial charge in [0.25, 0.3) is 0 Å². The van der Waals surface area contributed by atoms with Crippen molar-refractivity contribution in [3.63, 3.8) is 0 Å². The summed E-state index contributed by atoms with van der Waals surface area (Å²) in [7, 11) is 0. The molecular formula is C22H24N2O2S. The van der Waals surface area contributed by atoms with E-state index in [0.29, 0.717) is 12.3 Å². The zero-order chi connectivity index (χ0) is 18.5. The number of thioether (sulfide) groups is 1. The van der Waals surface area contributed by atoms with Gasteiger partial charge in [-0.05, 0) is 61.0 Å². The van der Waals surface area contributed by atoms with Crippen molar-refractivity contribution in [1.82, 2.24) is 10.2 Å². The number of likely N-dealkylation sites (tertiary alicyclic amines) is 1. The summed E-state index contributed by atoms with van der Waals surface area (Å²) in [5, 5.41) is 5.52. The smallest absolute Gasteiger partial charge is 0.230 e. The van der Waals surface area contributed by atoms with E-state index < -0.39 is 0 Å². The van der Waals surface area contributed by atoms with Crippen LogP contribution in [0.5, 0.6) is 0 Å². The normalized spacial score (nSPS) is 15.9. The van der Waals surface area contributed by atoms with Gasteiger partial charge in [0.2, 0.25) is 5.91 Å². The van der Waals surface area contributed by atoms with Gasteiger partial charge in [-0.15, -0.1) is 11.8 Å². The number of amides is 1. The van der Waals surface area contributed by atoms with E-state index >= 15 is 0 Å². The van der Waals surface area contributed by atoms with Crippen molar-refractivity contribution in [1.29, 1.82) is 0 Å². The predicted octanol–water partition coefficient (Wildman–Crippen LogP) is 4.48. The van der Waals surface area contributed by atoms with Crippen LogP contribution >= 0.6 is 11.8 Å². The summed E-state index contributed by atoms with van der Waals surface area (Å²) in [4.78, 5) is 15.9. The number of furan rings is 1. The van der Waals surface area contributed by atoms with Crippen LogP contribution in [0, 0.1) is 0 Å². The third-order valence-corrected chi connectivity index (χ3v) is 6.03. The van der Waals surface area contributed by atoms with E-state index in [1.165, 1.54) is 23.6 Å². The van der Waals surface area contributed by atoms with Crippen LogP contribution in [-0.2, 0) is 4.79 Å². The van der Waals surface area contributed by atoms with Crippen LogP contribution in [0.15, 0.2) is 70.2 Å². The Morgan fingerprint density at radius 1 is 1.07 bits per heavy atom. The maximum atomic E-state index is 12.4. The molecule has 0 bridgehead atoms. The van der Waals surface area contributed by atoms with E-state index in [0.717, 1.165) is 23.7 Å². The molecule has 4 rings (SSSR count). The van der Waals surface area contributed by atoms with Gasteiger partial charge in [0.15, 0.2) is 0 Å². The van der Waals surface area contributed by atoms with E-state index in [1.807, 2.05) is 24.3 Å². The summed E-state index contributed by atoms with van der Waals surface area (Å²) in [5.74, 6) is 1.41. The SMILES string of the molecule is O=C(CSc1ccc2ccccc2c1)NC[C@H](c1ccco1)N1CCCC1. The Kier molecular flexibility index (Phi) is 5.80. The largest absolute Gasteiger partial charge is 0.468 e. The van der Waals surface area contributed by atoms with Crippen LogP contribution in [0.2, 0.25) is 0 Å². The first-order valence-corrected chi connectivity index (χ1v) is 10.4. The number of nitrogens with zero attached hydrogens (tertiary/aromatic N) is 1. The number of benzene rings is 2. The second kappa shape index (κ2) is 8.63. The van der Waals surface area contributed by atoms with Gasteiger partial charge in [-0.3, -0.25) is 9.69 Å². The van der Waals surface area contributed by atoms with Crippen molar-refractivity contribution >= 4 is 28.4 Å². The quantitative estimate of drug-likeness (QED) is 0.614. The zero-order valence-corrected chi connectivity index (χ0v) is 16.1. The average molecular weight is 381 g/mol. The molecule has 5 heteroatoms. The van der Waals surface area contributed by atoms with Crippen LogP contribution in [0.1, 0.15) is 24.6 Å². The zero-order valence-electron chi connectivity index (χ0n) is 15.3. The fourth-order valence-corrected chi connectivity index (χ4v) is 4.39. The monoisotopic (exact) mass is 380 g/mol. The molecule has 1 saturated heterocycles. The van der Waals surface area contributed by atoms with Gasteiger partial charge in [-0.2, -0.15) is 0 Å². The van der Waals surface area contributed by atoms with E-state index in [-0.39, 0.29) is 11.9 Å². The fourth-order valence-electron chi connectivity index (χ4n) is 3.61. The van der Waals surface area contributed by atoms with Gasteiger partial charge in [-0.25, -0.2) is 0 Å². The topological polar surface area (TPSA) is 45.5 Å². The van der Waals surface area contributed by atoms with Crippen LogP contribution in [0.4, 0.5) is 0 Å². The molecule has 1 atom stereocenters. The number of hydrogen-bond acceptors (Lipinski definition) is 4. The molecule has 1 aliphatic heterocycles. The lowest BCUT2D eigenvalue weighted by Crippen LogP contribution is -2.37. The highest BCUT2D eigenvalue weighted by molar-refractivity contribution is 8.00. The minimum Gasteiger partial charge on any atom is -0.468 e. The average Bonchev–Trinajstić information content (AvgIpc) is 3.41. The predicted molar refractivity (Wildman–Crippen MR) is 110 cm³/mol. The Morgan fingerprint density at radius 2 is 1.89 bits per heavy atom. The first-order chi connectivity index (χ1) is 13.3. The van der Waals surface area contributed by atoms with E-state index in [1.54, 1.807) is 18.0 Å². The summed E-state index contributed by atoms with van der Waals surface area (Å²) in [6, 6.07) is 18.6. The molecule has 1 N–H and O–H groups in total. The van der Waals surface area contributed by atoms with Gasteiger partial charge >= 0.3 is 0 Å². The lowest BCUT2D eigenvalue weighted by molar-refractivity contribution is -0.118. The van der Waals surface area contributed by atoms with Gasteiger partial charge in [0.1, 0.15) is 5.76 Å². The highest BCUT2D eigenvalue weighted by Crippen LogP contribution is 2.26. The molecule has 1 fully saturated rings. The second-order valence-electron chi connectivity index (χ2n) is 6.88. The molecule has 0 radical (unpaired) electrons. The Balaban J connectivity index is 1.32. The fraction of sp³-hybridized carbons (Fsp3) is 0.318. The van der Waals surface area contributed by atoms with Crippen LogP contribution in [-0.4, -0.2) is 36.2 Å². The van der Waals surface area contributed by atoms with Crippen molar-refractivity contribution in [2.45, 2.75) is 23.8 Å². The third kappa shape index (κ3) is 4.54. The number of hydrogen-bond donors (Lipinski definition) is 1. The van der Waals surface area contributed by atoms with E-state index in [4.69, 9.17) is 4.42 Å². The summed E-state index contributed by atoms with van der Waals surface area (Å²) in [6.45, 7) is 2.71. The van der Waals surface area contributed by atoms with Gasteiger partial charge in [-0.1, -0.05) is 30.3 Å². The van der Waals surface area contributed by atoms with Crippen molar-refractivity contribution < 1.29 is 9.21 Å². The van der Waals surface area contributed by atoms with Crippen LogP contribution in [0.25, 0.3) is 10.8 Å². The molecule has 1 amide bonds. The first-order valence-electron chi connectivity index (χ1n) is 9.45. The number of fused-ring (bicyclic) bond motifs is 1. The first kappa shape index (κ1) is 18.1. The van der Waals surface area contributed by atoms with E-state index in [2.05, 4.69) is 40.5 Å². The molecule has 1 aliphatic rings. The highest BCUT2D eigenvalue weighted by atomic mass is 32.2. The summed E-state index contributed by atoms with van der Waals surface area (Å²) in [6.07, 6.45) is 4.13. The molecule has 0 unspecified atom stereocenters. The minimum atomic E-state index is 0.0592. The standard InChI is InChI=1S/C22H24N2O2S/c25-22(16-27-19-10-9-17-6-1-2-7-18(17)14-19)23-15-20(21-8-5-13-26-21)24-11-3-4-12-24/h1-2,5-10,13-14,20H,3-4,11-12,15-16H2,(H,23,25)/t20-/m1/s1. The van der Waals surface area contributed by atoms with Crippen LogP contribution < -0.4 is 5.32 Å². The summed E-state index contributed by atoms with van der Waals surface area (Å²) >= 11 is 1.58.